The molecule has 22 heavy (non-hydrogen) atoms. The molecule has 2 rings (SSSR count). The second-order valence-corrected chi connectivity index (χ2v) is 4.56. The lowest BCUT2D eigenvalue weighted by molar-refractivity contribution is 0.354. The monoisotopic (exact) mass is 300 g/mol. The van der Waals surface area contributed by atoms with Crippen LogP contribution in [0.4, 0.5) is 0 Å². The molecule has 116 valence electrons. The molecule has 0 aromatic heterocycles. The summed E-state index contributed by atoms with van der Waals surface area (Å²) in [5.41, 5.74) is 5.07. The van der Waals surface area contributed by atoms with Crippen LogP contribution in [0.5, 0.6) is 17.2 Å². The standard InChI is InChI=1S/C17H20N2O3/c1-20-15-7-4-13(5-8-15)11-18-19-12-14-6-9-16(21-2)17(10-14)22-3/h4-11,19H,12H2,1-3H3/b18-11+. The van der Waals surface area contributed by atoms with E-state index in [1.807, 2.05) is 42.5 Å². The Morgan fingerprint density at radius 1 is 0.909 bits per heavy atom. The van der Waals surface area contributed by atoms with Crippen LogP contribution in [-0.2, 0) is 6.54 Å². The van der Waals surface area contributed by atoms with Crippen LogP contribution in [-0.4, -0.2) is 27.5 Å². The Morgan fingerprint density at radius 2 is 1.64 bits per heavy atom. The van der Waals surface area contributed by atoms with Crippen LogP contribution in [0.25, 0.3) is 0 Å². The van der Waals surface area contributed by atoms with Crippen LogP contribution in [0, 0.1) is 0 Å². The van der Waals surface area contributed by atoms with Gasteiger partial charge in [-0.15, -0.1) is 0 Å². The molecule has 0 bridgehead atoms. The molecule has 0 aliphatic heterocycles. The van der Waals surface area contributed by atoms with Crippen molar-refractivity contribution in [2.45, 2.75) is 6.54 Å². The number of rotatable bonds is 7. The van der Waals surface area contributed by atoms with Crippen LogP contribution in [0.1, 0.15) is 11.1 Å². The van der Waals surface area contributed by atoms with Crippen molar-refractivity contribution in [1.29, 1.82) is 0 Å². The van der Waals surface area contributed by atoms with Gasteiger partial charge in [0.1, 0.15) is 5.75 Å². The van der Waals surface area contributed by atoms with Gasteiger partial charge < -0.3 is 19.6 Å². The van der Waals surface area contributed by atoms with E-state index < -0.39 is 0 Å². The predicted molar refractivity (Wildman–Crippen MR) is 87.0 cm³/mol. The van der Waals surface area contributed by atoms with Crippen LogP contribution in [0.2, 0.25) is 0 Å². The summed E-state index contributed by atoms with van der Waals surface area (Å²) in [4.78, 5) is 0. The third kappa shape index (κ3) is 4.15. The predicted octanol–water partition coefficient (Wildman–Crippen LogP) is 2.84. The molecule has 2 aromatic rings. The van der Waals surface area contributed by atoms with Gasteiger partial charge in [0.2, 0.25) is 0 Å². The summed E-state index contributed by atoms with van der Waals surface area (Å²) < 4.78 is 15.6. The molecule has 5 nitrogen and oxygen atoms in total. The Balaban J connectivity index is 1.91. The van der Waals surface area contributed by atoms with Gasteiger partial charge in [-0.25, -0.2) is 0 Å². The molecule has 2 aromatic carbocycles. The summed E-state index contributed by atoms with van der Waals surface area (Å²) in [6.45, 7) is 0.604. The summed E-state index contributed by atoms with van der Waals surface area (Å²) in [7, 11) is 4.89. The van der Waals surface area contributed by atoms with E-state index in [0.717, 1.165) is 16.9 Å². The number of nitrogens with one attached hydrogen (secondary N) is 1. The van der Waals surface area contributed by atoms with E-state index >= 15 is 0 Å². The van der Waals surface area contributed by atoms with E-state index in [1.165, 1.54) is 0 Å². The average molecular weight is 300 g/mol. The van der Waals surface area contributed by atoms with Gasteiger partial charge in [0.05, 0.1) is 34.1 Å². The van der Waals surface area contributed by atoms with E-state index in [-0.39, 0.29) is 0 Å². The fourth-order valence-electron chi connectivity index (χ4n) is 1.94. The minimum atomic E-state index is 0.604. The van der Waals surface area contributed by atoms with E-state index in [4.69, 9.17) is 14.2 Å². The highest BCUT2D eigenvalue weighted by Crippen LogP contribution is 2.27. The average Bonchev–Trinajstić information content (AvgIpc) is 2.59. The van der Waals surface area contributed by atoms with E-state index in [9.17, 15) is 0 Å². The van der Waals surface area contributed by atoms with Crippen molar-refractivity contribution in [3.8, 4) is 17.2 Å². The quantitative estimate of drug-likeness (QED) is 0.631. The zero-order valence-corrected chi connectivity index (χ0v) is 13.0. The number of hydrazone groups is 1. The minimum Gasteiger partial charge on any atom is -0.497 e. The molecule has 0 radical (unpaired) electrons. The van der Waals surface area contributed by atoms with Gasteiger partial charge >= 0.3 is 0 Å². The van der Waals surface area contributed by atoms with Crippen LogP contribution in [0.3, 0.4) is 0 Å². The van der Waals surface area contributed by atoms with E-state index in [0.29, 0.717) is 18.0 Å². The molecule has 0 unspecified atom stereocenters. The number of methoxy groups -OCH3 is 3. The summed E-state index contributed by atoms with van der Waals surface area (Å²) in [5, 5.41) is 4.20. The summed E-state index contributed by atoms with van der Waals surface area (Å²) >= 11 is 0. The Bertz CT molecular complexity index is 624. The van der Waals surface area contributed by atoms with Crippen molar-refractivity contribution >= 4 is 6.21 Å². The highest BCUT2D eigenvalue weighted by molar-refractivity contribution is 5.79. The molecule has 0 spiro atoms. The lowest BCUT2D eigenvalue weighted by atomic mass is 10.2. The van der Waals surface area contributed by atoms with Gasteiger partial charge in [-0.05, 0) is 47.5 Å². The van der Waals surface area contributed by atoms with Gasteiger partial charge in [0.25, 0.3) is 0 Å². The largest absolute Gasteiger partial charge is 0.497 e. The number of ether oxygens (including phenoxy) is 3. The summed E-state index contributed by atoms with van der Waals surface area (Å²) in [6.07, 6.45) is 1.76. The van der Waals surface area contributed by atoms with Gasteiger partial charge in [-0.1, -0.05) is 6.07 Å². The molecule has 5 heteroatoms. The minimum absolute atomic E-state index is 0.604. The lowest BCUT2D eigenvalue weighted by Gasteiger charge is -2.09. The molecule has 0 fully saturated rings. The summed E-state index contributed by atoms with van der Waals surface area (Å²) in [5.74, 6) is 2.25. The molecule has 0 saturated carbocycles. The van der Waals surface area contributed by atoms with Crippen LogP contribution < -0.4 is 19.6 Å². The second kappa shape index (κ2) is 7.93. The number of hydrogen-bond donors (Lipinski definition) is 1. The maximum Gasteiger partial charge on any atom is 0.161 e. The number of benzene rings is 2. The van der Waals surface area contributed by atoms with Crippen LogP contribution in [0.15, 0.2) is 47.6 Å². The van der Waals surface area contributed by atoms with Crippen molar-refractivity contribution in [2.75, 3.05) is 21.3 Å². The van der Waals surface area contributed by atoms with Gasteiger partial charge in [0.15, 0.2) is 11.5 Å². The third-order valence-electron chi connectivity index (χ3n) is 3.15. The molecule has 0 saturated heterocycles. The van der Waals surface area contributed by atoms with E-state index in [2.05, 4.69) is 10.5 Å². The molecule has 0 aliphatic carbocycles. The van der Waals surface area contributed by atoms with Gasteiger partial charge in [0, 0.05) is 0 Å². The summed E-state index contributed by atoms with van der Waals surface area (Å²) in [6, 6.07) is 13.5. The third-order valence-corrected chi connectivity index (χ3v) is 3.15. The highest BCUT2D eigenvalue weighted by atomic mass is 16.5. The Hall–Kier alpha value is -2.69. The van der Waals surface area contributed by atoms with Gasteiger partial charge in [-0.2, -0.15) is 5.10 Å². The molecule has 0 atom stereocenters. The fraction of sp³-hybridized carbons (Fsp3) is 0.235. The maximum absolute atomic E-state index is 5.27. The van der Waals surface area contributed by atoms with Crippen molar-refractivity contribution < 1.29 is 14.2 Å². The first-order valence-electron chi connectivity index (χ1n) is 6.87. The maximum atomic E-state index is 5.27. The first kappa shape index (κ1) is 15.7. The Morgan fingerprint density at radius 3 is 2.27 bits per heavy atom. The molecule has 0 amide bonds. The van der Waals surface area contributed by atoms with Crippen molar-refractivity contribution in [2.24, 2.45) is 5.10 Å². The van der Waals surface area contributed by atoms with Crippen molar-refractivity contribution in [1.82, 2.24) is 5.43 Å². The Labute approximate surface area is 130 Å². The smallest absolute Gasteiger partial charge is 0.161 e. The molecule has 1 N–H and O–H groups in total. The van der Waals surface area contributed by atoms with E-state index in [1.54, 1.807) is 27.5 Å². The van der Waals surface area contributed by atoms with Crippen molar-refractivity contribution in [3.05, 3.63) is 53.6 Å². The molecule has 0 heterocycles. The van der Waals surface area contributed by atoms with Crippen molar-refractivity contribution in [3.63, 3.8) is 0 Å². The molecular weight excluding hydrogens is 280 g/mol. The van der Waals surface area contributed by atoms with Crippen LogP contribution >= 0.6 is 0 Å². The normalized spacial score (nSPS) is 10.5. The zero-order valence-electron chi connectivity index (χ0n) is 13.0. The fourth-order valence-corrected chi connectivity index (χ4v) is 1.94. The molecule has 0 aliphatic rings. The Kier molecular flexibility index (Phi) is 5.65. The number of nitrogens with zero attached hydrogens (tertiary/aromatic N) is 1. The van der Waals surface area contributed by atoms with Gasteiger partial charge in [-0.3, -0.25) is 0 Å². The number of hydrogen-bond acceptors (Lipinski definition) is 5. The molecular formula is C17H20N2O3. The SMILES string of the molecule is COc1ccc(/C=N/NCc2ccc(OC)c(OC)c2)cc1. The second-order valence-electron chi connectivity index (χ2n) is 4.56. The first-order valence-corrected chi connectivity index (χ1v) is 6.87. The zero-order chi connectivity index (χ0) is 15.8. The highest BCUT2D eigenvalue weighted by Gasteiger charge is 2.03. The lowest BCUT2D eigenvalue weighted by Crippen LogP contribution is -2.06. The first-order chi connectivity index (χ1) is 10.8. The topological polar surface area (TPSA) is 52.1 Å².